The second-order valence-corrected chi connectivity index (χ2v) is 8.72. The SMILES string of the molecule is COc1cccc2c1nc(N)n1nc(C3CCC(C)N(c4cnn(C5CC5)c4)C3)nc21. The molecule has 6 rings (SSSR count). The predicted molar refractivity (Wildman–Crippen MR) is 119 cm³/mol. The van der Waals surface area contributed by atoms with Crippen LogP contribution in [0.1, 0.15) is 50.4 Å². The lowest BCUT2D eigenvalue weighted by Crippen LogP contribution is -2.41. The van der Waals surface area contributed by atoms with E-state index in [2.05, 4.69) is 32.8 Å². The van der Waals surface area contributed by atoms with Crippen LogP contribution in [0.15, 0.2) is 30.6 Å². The maximum Gasteiger partial charge on any atom is 0.223 e. The van der Waals surface area contributed by atoms with Crippen LogP contribution in [-0.4, -0.2) is 49.1 Å². The Morgan fingerprint density at radius 2 is 2.00 bits per heavy atom. The van der Waals surface area contributed by atoms with Crippen molar-refractivity contribution in [3.63, 3.8) is 0 Å². The van der Waals surface area contributed by atoms with E-state index in [1.165, 1.54) is 18.5 Å². The zero-order valence-electron chi connectivity index (χ0n) is 17.8. The summed E-state index contributed by atoms with van der Waals surface area (Å²) in [6, 6.07) is 6.85. The molecule has 1 aromatic carbocycles. The minimum absolute atomic E-state index is 0.223. The minimum Gasteiger partial charge on any atom is -0.494 e. The van der Waals surface area contributed by atoms with Crippen LogP contribution >= 0.6 is 0 Å². The van der Waals surface area contributed by atoms with E-state index >= 15 is 0 Å². The van der Waals surface area contributed by atoms with Gasteiger partial charge in [-0.15, -0.1) is 5.10 Å². The third-order valence-electron chi connectivity index (χ3n) is 6.61. The first kappa shape index (κ1) is 18.4. The number of ether oxygens (including phenoxy) is 1. The maximum absolute atomic E-state index is 6.24. The Bertz CT molecular complexity index is 1270. The Balaban J connectivity index is 1.37. The third kappa shape index (κ3) is 2.98. The van der Waals surface area contributed by atoms with Crippen LogP contribution in [0.25, 0.3) is 16.6 Å². The average molecular weight is 419 g/mol. The van der Waals surface area contributed by atoms with E-state index in [9.17, 15) is 0 Å². The first-order valence-electron chi connectivity index (χ1n) is 10.9. The number of anilines is 2. The minimum atomic E-state index is 0.223. The van der Waals surface area contributed by atoms with E-state index in [-0.39, 0.29) is 5.92 Å². The van der Waals surface area contributed by atoms with Crippen LogP contribution in [0.5, 0.6) is 5.75 Å². The lowest BCUT2D eigenvalue weighted by Gasteiger charge is -2.37. The molecular formula is C22H26N8O. The molecule has 2 atom stereocenters. The van der Waals surface area contributed by atoms with Gasteiger partial charge in [0.2, 0.25) is 5.95 Å². The number of rotatable bonds is 4. The number of benzene rings is 1. The van der Waals surface area contributed by atoms with Gasteiger partial charge >= 0.3 is 0 Å². The first-order valence-corrected chi connectivity index (χ1v) is 10.9. The molecule has 4 aromatic rings. The summed E-state index contributed by atoms with van der Waals surface area (Å²) in [5.74, 6) is 2.04. The van der Waals surface area contributed by atoms with E-state index in [4.69, 9.17) is 20.6 Å². The van der Waals surface area contributed by atoms with Crippen LogP contribution in [0.2, 0.25) is 0 Å². The van der Waals surface area contributed by atoms with Crippen molar-refractivity contribution in [1.82, 2.24) is 29.4 Å². The third-order valence-corrected chi connectivity index (χ3v) is 6.61. The molecule has 1 aliphatic carbocycles. The zero-order chi connectivity index (χ0) is 21.1. The number of aromatic nitrogens is 6. The summed E-state index contributed by atoms with van der Waals surface area (Å²) >= 11 is 0. The molecule has 0 radical (unpaired) electrons. The Morgan fingerprint density at radius 3 is 2.81 bits per heavy atom. The normalized spacial score (nSPS) is 21.8. The Kier molecular flexibility index (Phi) is 4.06. The molecule has 9 nitrogen and oxygen atoms in total. The summed E-state index contributed by atoms with van der Waals surface area (Å²) in [4.78, 5) is 11.9. The number of nitrogens with zero attached hydrogens (tertiary/aromatic N) is 7. The molecule has 2 fully saturated rings. The summed E-state index contributed by atoms with van der Waals surface area (Å²) in [5.41, 5.74) is 8.86. The number of para-hydroxylation sites is 1. The predicted octanol–water partition coefficient (Wildman–Crippen LogP) is 3.17. The lowest BCUT2D eigenvalue weighted by molar-refractivity contribution is 0.419. The summed E-state index contributed by atoms with van der Waals surface area (Å²) in [5, 5.41) is 10.2. The quantitative estimate of drug-likeness (QED) is 0.543. The molecule has 2 N–H and O–H groups in total. The number of fused-ring (bicyclic) bond motifs is 3. The topological polar surface area (TPSA) is 99.4 Å². The number of piperidine rings is 1. The molecule has 3 aromatic heterocycles. The molecule has 4 heterocycles. The number of methoxy groups -OCH3 is 1. The Labute approximate surface area is 179 Å². The van der Waals surface area contributed by atoms with E-state index in [0.29, 0.717) is 29.3 Å². The van der Waals surface area contributed by atoms with Crippen LogP contribution < -0.4 is 15.4 Å². The van der Waals surface area contributed by atoms with Gasteiger partial charge in [-0.05, 0) is 44.7 Å². The standard InChI is InChI=1S/C22H26N8O/c1-13-6-7-14(11-28(13)16-10-24-29(12-16)15-8-9-15)20-26-21-17-4-3-5-18(31-2)19(17)25-22(23)30(21)27-20/h3-5,10,12-15H,6-9,11H2,1-2H3,(H2,23,25). The van der Waals surface area contributed by atoms with Gasteiger partial charge in [-0.25, -0.2) is 9.97 Å². The van der Waals surface area contributed by atoms with Crippen molar-refractivity contribution in [2.45, 2.75) is 50.6 Å². The van der Waals surface area contributed by atoms with Gasteiger partial charge in [-0.2, -0.15) is 9.61 Å². The van der Waals surface area contributed by atoms with Crippen molar-refractivity contribution < 1.29 is 4.74 Å². The average Bonchev–Trinajstić information content (AvgIpc) is 3.33. The van der Waals surface area contributed by atoms with Gasteiger partial charge < -0.3 is 15.4 Å². The van der Waals surface area contributed by atoms with Crippen LogP contribution in [-0.2, 0) is 0 Å². The monoisotopic (exact) mass is 418 g/mol. The van der Waals surface area contributed by atoms with Crippen molar-refractivity contribution in [2.24, 2.45) is 0 Å². The maximum atomic E-state index is 6.24. The van der Waals surface area contributed by atoms with E-state index < -0.39 is 0 Å². The highest BCUT2D eigenvalue weighted by molar-refractivity contribution is 5.95. The van der Waals surface area contributed by atoms with E-state index in [1.807, 2.05) is 24.4 Å². The fourth-order valence-corrected chi connectivity index (χ4v) is 4.67. The Morgan fingerprint density at radius 1 is 1.13 bits per heavy atom. The van der Waals surface area contributed by atoms with Crippen molar-refractivity contribution in [1.29, 1.82) is 0 Å². The van der Waals surface area contributed by atoms with Gasteiger partial charge in [0.15, 0.2) is 11.5 Å². The van der Waals surface area contributed by atoms with Crippen molar-refractivity contribution in [3.8, 4) is 5.75 Å². The smallest absolute Gasteiger partial charge is 0.223 e. The van der Waals surface area contributed by atoms with Gasteiger partial charge in [-0.3, -0.25) is 4.68 Å². The largest absolute Gasteiger partial charge is 0.494 e. The van der Waals surface area contributed by atoms with Crippen LogP contribution in [0.3, 0.4) is 0 Å². The molecule has 160 valence electrons. The molecule has 1 saturated heterocycles. The van der Waals surface area contributed by atoms with Gasteiger partial charge in [-0.1, -0.05) is 6.07 Å². The molecule has 1 aliphatic heterocycles. The highest BCUT2D eigenvalue weighted by Crippen LogP contribution is 2.37. The first-order chi connectivity index (χ1) is 15.1. The second-order valence-electron chi connectivity index (χ2n) is 8.72. The van der Waals surface area contributed by atoms with Crippen molar-refractivity contribution in [3.05, 3.63) is 36.4 Å². The molecule has 9 heteroatoms. The number of hydrogen-bond acceptors (Lipinski definition) is 7. The number of hydrogen-bond donors (Lipinski definition) is 1. The summed E-state index contributed by atoms with van der Waals surface area (Å²) in [6.45, 7) is 3.15. The van der Waals surface area contributed by atoms with Gasteiger partial charge in [0, 0.05) is 30.1 Å². The number of nitrogen functional groups attached to an aromatic ring is 1. The molecule has 31 heavy (non-hydrogen) atoms. The molecule has 1 saturated carbocycles. The molecule has 2 unspecified atom stereocenters. The summed E-state index contributed by atoms with van der Waals surface area (Å²) in [6.07, 6.45) is 8.78. The lowest BCUT2D eigenvalue weighted by atomic mass is 9.92. The van der Waals surface area contributed by atoms with Gasteiger partial charge in [0.05, 0.1) is 25.0 Å². The number of nitrogens with two attached hydrogens (primary N) is 1. The second kappa shape index (κ2) is 6.83. The summed E-state index contributed by atoms with van der Waals surface area (Å²) < 4.78 is 9.23. The molecule has 2 aliphatic rings. The molecule has 0 amide bonds. The van der Waals surface area contributed by atoms with E-state index in [1.54, 1.807) is 11.6 Å². The van der Waals surface area contributed by atoms with Crippen molar-refractivity contribution in [2.75, 3.05) is 24.3 Å². The van der Waals surface area contributed by atoms with Crippen molar-refractivity contribution >= 4 is 28.2 Å². The Hall–Kier alpha value is -3.36. The molecule has 0 spiro atoms. The fraction of sp³-hybridized carbons (Fsp3) is 0.455. The zero-order valence-corrected chi connectivity index (χ0v) is 17.8. The van der Waals surface area contributed by atoms with E-state index in [0.717, 1.165) is 36.2 Å². The fourth-order valence-electron chi connectivity index (χ4n) is 4.67. The highest BCUT2D eigenvalue weighted by Gasteiger charge is 2.31. The van der Waals surface area contributed by atoms with Crippen LogP contribution in [0.4, 0.5) is 11.6 Å². The van der Waals surface area contributed by atoms with Gasteiger partial charge in [0.1, 0.15) is 11.3 Å². The summed E-state index contributed by atoms with van der Waals surface area (Å²) in [7, 11) is 1.63. The highest BCUT2D eigenvalue weighted by atomic mass is 16.5. The van der Waals surface area contributed by atoms with Crippen LogP contribution in [0, 0.1) is 0 Å². The van der Waals surface area contributed by atoms with Gasteiger partial charge in [0.25, 0.3) is 0 Å². The molecular weight excluding hydrogens is 392 g/mol. The molecule has 0 bridgehead atoms.